The molecule has 88 valence electrons. The normalized spacial score (nSPS) is 14.9. The van der Waals surface area contributed by atoms with Gasteiger partial charge in [0, 0.05) is 17.0 Å². The zero-order valence-corrected chi connectivity index (χ0v) is 8.91. The molecule has 18 heavy (non-hydrogen) atoms. The lowest BCUT2D eigenvalue weighted by Crippen LogP contribution is -2.23. The molecular formula is C12H6N2O4. The van der Waals surface area contributed by atoms with Crippen LogP contribution in [-0.4, -0.2) is 27.9 Å². The van der Waals surface area contributed by atoms with Crippen LogP contribution in [0.5, 0.6) is 0 Å². The molecule has 0 aromatic heterocycles. The highest BCUT2D eigenvalue weighted by molar-refractivity contribution is 6.62. The number of nitrogens with zero attached hydrogens (tertiary/aromatic N) is 2. The Morgan fingerprint density at radius 2 is 1.89 bits per heavy atom. The predicted molar refractivity (Wildman–Crippen MR) is 62.0 cm³/mol. The molecule has 0 unspecified atom stereocenters. The van der Waals surface area contributed by atoms with Gasteiger partial charge >= 0.3 is 11.9 Å². The molecule has 3 rings (SSSR count). The maximum atomic E-state index is 11.2. The van der Waals surface area contributed by atoms with Gasteiger partial charge in [0.1, 0.15) is 5.57 Å². The van der Waals surface area contributed by atoms with Gasteiger partial charge in [-0.1, -0.05) is 0 Å². The maximum Gasteiger partial charge on any atom is 0.355 e. The zero-order chi connectivity index (χ0) is 12.9. The van der Waals surface area contributed by atoms with Crippen molar-refractivity contribution in [2.45, 2.75) is 0 Å². The van der Waals surface area contributed by atoms with Gasteiger partial charge in [-0.2, -0.15) is 0 Å². The van der Waals surface area contributed by atoms with E-state index in [1.807, 2.05) is 0 Å². The first-order chi connectivity index (χ1) is 8.59. The fourth-order valence-electron chi connectivity index (χ4n) is 2.06. The van der Waals surface area contributed by atoms with E-state index in [0.29, 0.717) is 21.8 Å². The first-order valence-corrected chi connectivity index (χ1v) is 5.07. The van der Waals surface area contributed by atoms with Crippen molar-refractivity contribution in [3.8, 4) is 0 Å². The van der Waals surface area contributed by atoms with Crippen molar-refractivity contribution in [1.29, 1.82) is 0 Å². The average Bonchev–Trinajstić information content (AvgIpc) is 2.91. The summed E-state index contributed by atoms with van der Waals surface area (Å²) in [7, 11) is 0. The molecule has 0 saturated heterocycles. The minimum Gasteiger partial charge on any atom is -0.478 e. The van der Waals surface area contributed by atoms with E-state index in [1.165, 1.54) is 6.07 Å². The van der Waals surface area contributed by atoms with Gasteiger partial charge in [0.15, 0.2) is 5.71 Å². The summed E-state index contributed by atoms with van der Waals surface area (Å²) in [6.45, 7) is 0. The van der Waals surface area contributed by atoms with Gasteiger partial charge in [0.25, 0.3) is 0 Å². The summed E-state index contributed by atoms with van der Waals surface area (Å²) in [6.07, 6.45) is 3.25. The van der Waals surface area contributed by atoms with Crippen LogP contribution in [0.1, 0.15) is 5.56 Å². The standard InChI is InChI=1S/C12H6N2O4/c15-11(16)8-6-1-2-7-5(3-4-13-7)9(6)14-10(8)12(17)18/h1-4H,(H,15,16)(H,17,18). The van der Waals surface area contributed by atoms with E-state index in [1.54, 1.807) is 18.3 Å². The van der Waals surface area contributed by atoms with E-state index < -0.39 is 17.7 Å². The number of rotatable bonds is 2. The zero-order valence-electron chi connectivity index (χ0n) is 8.91. The minimum absolute atomic E-state index is 0.277. The molecule has 0 amide bonds. The highest BCUT2D eigenvalue weighted by Crippen LogP contribution is 2.22. The summed E-state index contributed by atoms with van der Waals surface area (Å²) in [5, 5.41) is 19.1. The number of carboxylic acids is 2. The van der Waals surface area contributed by atoms with Crippen LogP contribution in [0.4, 0.5) is 5.69 Å². The number of aliphatic carboxylic acids is 2. The largest absolute Gasteiger partial charge is 0.478 e. The van der Waals surface area contributed by atoms with Crippen LogP contribution >= 0.6 is 0 Å². The molecule has 1 aromatic carbocycles. The Hall–Kier alpha value is -2.76. The Morgan fingerprint density at radius 3 is 2.56 bits per heavy atom. The lowest BCUT2D eigenvalue weighted by Gasteiger charge is -1.95. The molecule has 6 nitrogen and oxygen atoms in total. The lowest BCUT2D eigenvalue weighted by atomic mass is 10.1. The van der Waals surface area contributed by atoms with Crippen molar-refractivity contribution in [3.63, 3.8) is 0 Å². The van der Waals surface area contributed by atoms with Crippen LogP contribution in [-0.2, 0) is 9.59 Å². The number of carbonyl (C=O) groups is 2. The molecule has 2 aliphatic heterocycles. The average molecular weight is 242 g/mol. The first kappa shape index (κ1) is 10.4. The van der Waals surface area contributed by atoms with E-state index in [2.05, 4.69) is 9.98 Å². The molecule has 0 atom stereocenters. The topological polar surface area (TPSA) is 99.3 Å². The number of aliphatic imine (C=N–C) groups is 1. The molecule has 0 spiro atoms. The van der Waals surface area contributed by atoms with Crippen LogP contribution in [0.3, 0.4) is 0 Å². The summed E-state index contributed by atoms with van der Waals surface area (Å²) < 4.78 is 0. The molecule has 0 aliphatic carbocycles. The number of carboxylic acid groups (broad SMARTS) is 2. The number of hydrogen-bond donors (Lipinski definition) is 2. The van der Waals surface area contributed by atoms with Crippen molar-refractivity contribution in [2.75, 3.05) is 0 Å². The number of hydrogen-bond acceptors (Lipinski definition) is 4. The SMILES string of the molecule is O=C(O)C1=Nc2c3c(ccc2=C1C(=O)O)=NC=C3. The quantitative estimate of drug-likeness (QED) is 0.743. The van der Waals surface area contributed by atoms with Crippen LogP contribution < -0.4 is 10.6 Å². The molecule has 2 heterocycles. The lowest BCUT2D eigenvalue weighted by molar-refractivity contribution is -0.132. The number of benzene rings is 1. The first-order valence-electron chi connectivity index (χ1n) is 5.07. The van der Waals surface area contributed by atoms with Gasteiger partial charge in [-0.3, -0.25) is 4.99 Å². The molecule has 1 aromatic rings. The molecule has 2 N–H and O–H groups in total. The Bertz CT molecular complexity index is 787. The predicted octanol–water partition coefficient (Wildman–Crippen LogP) is -0.304. The summed E-state index contributed by atoms with van der Waals surface area (Å²) in [5.41, 5.74) is 0.300. The monoisotopic (exact) mass is 242 g/mol. The Labute approximate surface area is 99.9 Å². The molecule has 2 aliphatic rings. The molecule has 6 heteroatoms. The minimum atomic E-state index is -1.35. The fourth-order valence-corrected chi connectivity index (χ4v) is 2.06. The van der Waals surface area contributed by atoms with Crippen molar-refractivity contribution < 1.29 is 19.8 Å². The highest BCUT2D eigenvalue weighted by atomic mass is 16.4. The van der Waals surface area contributed by atoms with E-state index in [9.17, 15) is 9.59 Å². The highest BCUT2D eigenvalue weighted by Gasteiger charge is 2.29. The van der Waals surface area contributed by atoms with E-state index in [0.717, 1.165) is 0 Å². The van der Waals surface area contributed by atoms with Gasteiger partial charge in [0.05, 0.1) is 11.0 Å². The van der Waals surface area contributed by atoms with E-state index in [-0.39, 0.29) is 5.57 Å². The van der Waals surface area contributed by atoms with Crippen molar-refractivity contribution in [1.82, 2.24) is 0 Å². The van der Waals surface area contributed by atoms with Crippen LogP contribution in [0, 0.1) is 0 Å². The Balaban J connectivity index is 2.44. The second kappa shape index (κ2) is 3.36. The second-order valence-electron chi connectivity index (χ2n) is 3.79. The molecule has 0 fully saturated rings. The van der Waals surface area contributed by atoms with Crippen molar-refractivity contribution in [3.05, 3.63) is 34.5 Å². The molecular weight excluding hydrogens is 236 g/mol. The summed E-state index contributed by atoms with van der Waals surface area (Å²) >= 11 is 0. The molecule has 0 bridgehead atoms. The third-order valence-corrected chi connectivity index (χ3v) is 2.80. The molecule has 0 saturated carbocycles. The number of fused-ring (bicyclic) bond motifs is 3. The Kier molecular flexibility index (Phi) is 1.94. The van der Waals surface area contributed by atoms with Crippen LogP contribution in [0.2, 0.25) is 0 Å². The van der Waals surface area contributed by atoms with Crippen LogP contribution in [0.25, 0.3) is 11.6 Å². The fraction of sp³-hybridized carbons (Fsp3) is 0. The van der Waals surface area contributed by atoms with Crippen LogP contribution in [0.15, 0.2) is 28.3 Å². The Morgan fingerprint density at radius 1 is 1.11 bits per heavy atom. The van der Waals surface area contributed by atoms with E-state index in [4.69, 9.17) is 10.2 Å². The summed E-state index contributed by atoms with van der Waals surface area (Å²) in [4.78, 5) is 30.2. The van der Waals surface area contributed by atoms with E-state index >= 15 is 0 Å². The van der Waals surface area contributed by atoms with Gasteiger partial charge in [-0.15, -0.1) is 0 Å². The van der Waals surface area contributed by atoms with Gasteiger partial charge in [-0.25, -0.2) is 14.6 Å². The van der Waals surface area contributed by atoms with Gasteiger partial charge in [-0.05, 0) is 18.2 Å². The third kappa shape index (κ3) is 1.22. The molecule has 0 radical (unpaired) electrons. The van der Waals surface area contributed by atoms with Crippen molar-refractivity contribution >= 4 is 35.0 Å². The van der Waals surface area contributed by atoms with Gasteiger partial charge < -0.3 is 10.2 Å². The van der Waals surface area contributed by atoms with Gasteiger partial charge in [0.2, 0.25) is 0 Å². The second-order valence-corrected chi connectivity index (χ2v) is 3.79. The summed E-state index contributed by atoms with van der Waals surface area (Å²) in [6, 6.07) is 3.19. The maximum absolute atomic E-state index is 11.2. The summed E-state index contributed by atoms with van der Waals surface area (Å²) in [5.74, 6) is -2.65. The smallest absolute Gasteiger partial charge is 0.355 e. The third-order valence-electron chi connectivity index (χ3n) is 2.80. The van der Waals surface area contributed by atoms with Crippen molar-refractivity contribution in [2.24, 2.45) is 9.98 Å².